The molecule has 8 unspecified atom stereocenters. The first-order valence-corrected chi connectivity index (χ1v) is 23.1. The molecule has 1 fully saturated rings. The molecule has 54 heavy (non-hydrogen) atoms. The van der Waals surface area contributed by atoms with Gasteiger partial charge in [-0.1, -0.05) is 168 Å². The number of phosphoric acid groups is 1. The van der Waals surface area contributed by atoms with Gasteiger partial charge in [0.1, 0.15) is 36.6 Å². The molecule has 1 amide bonds. The van der Waals surface area contributed by atoms with E-state index in [0.717, 1.165) is 51.4 Å². The van der Waals surface area contributed by atoms with Crippen molar-refractivity contribution in [2.45, 2.75) is 242 Å². The Morgan fingerprint density at radius 1 is 0.574 bits per heavy atom. The Morgan fingerprint density at radius 2 is 0.926 bits per heavy atom. The van der Waals surface area contributed by atoms with Crippen molar-refractivity contribution in [2.75, 3.05) is 6.61 Å². The van der Waals surface area contributed by atoms with Gasteiger partial charge in [-0.15, -0.1) is 0 Å². The number of amides is 1. The summed E-state index contributed by atoms with van der Waals surface area (Å²) in [6.45, 7) is 3.75. The SMILES string of the molecule is CCCCCCCCCCCCCCCCCC(O)C(COP(=O)(O)OC1C(O)C(O)C(O)C(O)C1O)NC(=O)CC(O)CCCCCCCCCCC. The Hall–Kier alpha value is -0.700. The number of hydrogen-bond donors (Lipinski definition) is 9. The van der Waals surface area contributed by atoms with Crippen LogP contribution < -0.4 is 5.32 Å². The number of unbranched alkanes of at least 4 members (excludes halogenated alkanes) is 22. The molecule has 8 atom stereocenters. The van der Waals surface area contributed by atoms with E-state index in [-0.39, 0.29) is 12.8 Å². The van der Waals surface area contributed by atoms with Gasteiger partial charge in [0, 0.05) is 0 Å². The Morgan fingerprint density at radius 3 is 1.33 bits per heavy atom. The minimum Gasteiger partial charge on any atom is -0.393 e. The van der Waals surface area contributed by atoms with Crippen molar-refractivity contribution in [3.05, 3.63) is 0 Å². The normalized spacial score (nSPS) is 24.6. The van der Waals surface area contributed by atoms with E-state index in [2.05, 4.69) is 19.2 Å². The lowest BCUT2D eigenvalue weighted by Crippen LogP contribution is -2.64. The van der Waals surface area contributed by atoms with E-state index in [0.29, 0.717) is 12.8 Å². The van der Waals surface area contributed by atoms with Crippen molar-refractivity contribution >= 4 is 13.7 Å². The first kappa shape index (κ1) is 51.3. The van der Waals surface area contributed by atoms with Crippen LogP contribution in [0.1, 0.15) is 187 Å². The van der Waals surface area contributed by atoms with Crippen LogP contribution >= 0.6 is 7.82 Å². The van der Waals surface area contributed by atoms with Crippen LogP contribution in [0.2, 0.25) is 0 Å². The summed E-state index contributed by atoms with van der Waals surface area (Å²) in [7, 11) is -5.10. The highest BCUT2D eigenvalue weighted by Gasteiger charge is 2.51. The number of aliphatic hydroxyl groups is 7. The van der Waals surface area contributed by atoms with Gasteiger partial charge < -0.3 is 46.0 Å². The summed E-state index contributed by atoms with van der Waals surface area (Å²) < 4.78 is 22.8. The zero-order valence-electron chi connectivity index (χ0n) is 33.7. The molecule has 0 aliphatic heterocycles. The first-order chi connectivity index (χ1) is 25.8. The minimum absolute atomic E-state index is 0.217. The van der Waals surface area contributed by atoms with Crippen LogP contribution in [-0.4, -0.2) is 108 Å². The van der Waals surface area contributed by atoms with E-state index in [1.807, 2.05) is 0 Å². The lowest BCUT2D eigenvalue weighted by atomic mass is 9.85. The molecular formula is C40H80NO12P. The molecule has 1 aliphatic carbocycles. The van der Waals surface area contributed by atoms with Crippen molar-refractivity contribution < 1.29 is 59.0 Å². The molecule has 322 valence electrons. The Bertz CT molecular complexity index is 948. The van der Waals surface area contributed by atoms with Crippen molar-refractivity contribution in [1.82, 2.24) is 5.32 Å². The third-order valence-electron chi connectivity index (χ3n) is 10.7. The lowest BCUT2D eigenvalue weighted by Gasteiger charge is -2.41. The van der Waals surface area contributed by atoms with Gasteiger partial charge in [0.15, 0.2) is 0 Å². The number of rotatable bonds is 35. The van der Waals surface area contributed by atoms with Gasteiger partial charge in [-0.3, -0.25) is 13.8 Å². The summed E-state index contributed by atoms with van der Waals surface area (Å²) >= 11 is 0. The fraction of sp³-hybridized carbons (Fsp3) is 0.975. The number of aliphatic hydroxyl groups excluding tert-OH is 7. The van der Waals surface area contributed by atoms with Gasteiger partial charge in [-0.05, 0) is 12.8 Å². The minimum atomic E-state index is -5.10. The van der Waals surface area contributed by atoms with E-state index in [1.165, 1.54) is 96.3 Å². The monoisotopic (exact) mass is 798 g/mol. The van der Waals surface area contributed by atoms with E-state index in [1.54, 1.807) is 0 Å². The molecule has 0 radical (unpaired) electrons. The first-order valence-electron chi connectivity index (χ1n) is 21.6. The molecule has 0 aromatic carbocycles. The number of hydrogen-bond acceptors (Lipinski definition) is 11. The van der Waals surface area contributed by atoms with E-state index >= 15 is 0 Å². The third-order valence-corrected chi connectivity index (χ3v) is 11.7. The zero-order valence-corrected chi connectivity index (χ0v) is 34.5. The number of carbonyl (C=O) groups is 1. The smallest absolute Gasteiger partial charge is 0.393 e. The molecule has 0 saturated heterocycles. The standard InChI is InChI=1S/C40H80NO12P/c1-3-5-7-9-11-13-14-15-16-17-18-20-22-24-26-28-33(43)32(41-34(44)29-31(42)27-25-23-21-19-12-10-8-6-4-2)30-52-54(50,51)53-40-38(48)36(46)35(45)37(47)39(40)49/h31-33,35-40,42-43,45-49H,3-30H2,1-2H3,(H,41,44)(H,50,51). The lowest BCUT2D eigenvalue weighted by molar-refractivity contribution is -0.220. The summed E-state index contributed by atoms with van der Waals surface area (Å²) in [4.78, 5) is 23.3. The topological polar surface area (TPSA) is 226 Å². The third kappa shape index (κ3) is 23.5. The van der Waals surface area contributed by atoms with Crippen molar-refractivity contribution in [1.29, 1.82) is 0 Å². The van der Waals surface area contributed by atoms with Crippen molar-refractivity contribution in [3.8, 4) is 0 Å². The Balaban J connectivity index is 2.57. The number of phosphoric ester groups is 1. The maximum absolute atomic E-state index is 12.9. The van der Waals surface area contributed by atoms with Crippen LogP contribution in [0.4, 0.5) is 0 Å². The summed E-state index contributed by atoms with van der Waals surface area (Å²) in [5, 5.41) is 74.3. The molecule has 13 nitrogen and oxygen atoms in total. The molecule has 9 N–H and O–H groups in total. The molecule has 14 heteroatoms. The number of carbonyl (C=O) groups excluding carboxylic acids is 1. The summed E-state index contributed by atoms with van der Waals surface area (Å²) in [5.74, 6) is -0.561. The molecule has 0 heterocycles. The molecule has 0 aromatic rings. The predicted molar refractivity (Wildman–Crippen MR) is 211 cm³/mol. The largest absolute Gasteiger partial charge is 0.472 e. The molecule has 0 bridgehead atoms. The second-order valence-electron chi connectivity index (χ2n) is 15.7. The van der Waals surface area contributed by atoms with Crippen LogP contribution in [0.25, 0.3) is 0 Å². The molecular weight excluding hydrogens is 717 g/mol. The zero-order chi connectivity index (χ0) is 40.2. The van der Waals surface area contributed by atoms with Crippen LogP contribution in [0.3, 0.4) is 0 Å². The van der Waals surface area contributed by atoms with E-state index < -0.39 is 75.2 Å². The fourth-order valence-electron chi connectivity index (χ4n) is 7.13. The summed E-state index contributed by atoms with van der Waals surface area (Å²) in [5.41, 5.74) is 0. The highest BCUT2D eigenvalue weighted by molar-refractivity contribution is 7.47. The average molecular weight is 798 g/mol. The van der Waals surface area contributed by atoms with Crippen molar-refractivity contribution in [3.63, 3.8) is 0 Å². The molecule has 1 rings (SSSR count). The fourth-order valence-corrected chi connectivity index (χ4v) is 8.09. The predicted octanol–water partition coefficient (Wildman–Crippen LogP) is 6.09. The molecule has 1 saturated carbocycles. The molecule has 0 spiro atoms. The van der Waals surface area contributed by atoms with Crippen LogP contribution in [0, 0.1) is 0 Å². The average Bonchev–Trinajstić information content (AvgIpc) is 3.14. The second kappa shape index (κ2) is 31.3. The highest BCUT2D eigenvalue weighted by Crippen LogP contribution is 2.47. The quantitative estimate of drug-likeness (QED) is 0.0263. The van der Waals surface area contributed by atoms with Crippen molar-refractivity contribution in [2.24, 2.45) is 0 Å². The molecule has 0 aromatic heterocycles. The van der Waals surface area contributed by atoms with Gasteiger partial charge in [-0.25, -0.2) is 4.57 Å². The number of nitrogens with one attached hydrogen (secondary N) is 1. The van der Waals surface area contributed by atoms with E-state index in [9.17, 15) is 50.0 Å². The van der Waals surface area contributed by atoms with Gasteiger partial charge in [0.2, 0.25) is 5.91 Å². The Labute approximate surface area is 326 Å². The Kier molecular flexibility index (Phi) is 29.8. The maximum Gasteiger partial charge on any atom is 0.472 e. The highest BCUT2D eigenvalue weighted by atomic mass is 31.2. The van der Waals surface area contributed by atoms with Crippen LogP contribution in [0.15, 0.2) is 0 Å². The second-order valence-corrected chi connectivity index (χ2v) is 17.1. The maximum atomic E-state index is 12.9. The molecule has 1 aliphatic rings. The van der Waals surface area contributed by atoms with Gasteiger partial charge in [0.05, 0.1) is 31.3 Å². The van der Waals surface area contributed by atoms with Gasteiger partial charge in [-0.2, -0.15) is 0 Å². The summed E-state index contributed by atoms with van der Waals surface area (Å²) in [6, 6.07) is -1.15. The van der Waals surface area contributed by atoms with Gasteiger partial charge >= 0.3 is 7.82 Å². The van der Waals surface area contributed by atoms with Gasteiger partial charge in [0.25, 0.3) is 0 Å². The van der Waals surface area contributed by atoms with E-state index in [4.69, 9.17) is 9.05 Å². The summed E-state index contributed by atoms with van der Waals surface area (Å²) in [6.07, 6.45) is 14.5. The van der Waals surface area contributed by atoms with Crippen LogP contribution in [-0.2, 0) is 18.4 Å². The van der Waals surface area contributed by atoms with Crippen LogP contribution in [0.5, 0.6) is 0 Å².